The average molecular weight is 568 g/mol. The van der Waals surface area contributed by atoms with Crippen molar-refractivity contribution in [1.82, 2.24) is 25.9 Å². The van der Waals surface area contributed by atoms with Gasteiger partial charge in [-0.3, -0.25) is 9.99 Å². The molecule has 0 amide bonds. The number of ether oxygens (including phenoxy) is 1. The molecule has 0 spiro atoms. The molecule has 2 aromatic heterocycles. The van der Waals surface area contributed by atoms with E-state index in [1.54, 1.807) is 26.2 Å². The van der Waals surface area contributed by atoms with Crippen LogP contribution in [0.3, 0.4) is 0 Å². The molecule has 3 saturated carbocycles. The number of benzene rings is 1. The summed E-state index contributed by atoms with van der Waals surface area (Å²) in [5.74, 6) is 0.851. The monoisotopic (exact) mass is 567 g/mol. The molecule has 1 aliphatic heterocycles. The second-order valence-corrected chi connectivity index (χ2v) is 12.7. The smallest absolute Gasteiger partial charge is 0.229 e. The minimum atomic E-state index is -0.564. The van der Waals surface area contributed by atoms with Gasteiger partial charge in [-0.05, 0) is 55.7 Å². The van der Waals surface area contributed by atoms with Crippen molar-refractivity contribution < 1.29 is 9.13 Å². The number of pyridine rings is 2. The average Bonchev–Trinajstić information content (AvgIpc) is 3.31. The number of hydrogen-bond acceptors (Lipinski definition) is 10. The van der Waals surface area contributed by atoms with Crippen molar-refractivity contribution in [1.29, 1.82) is 10.5 Å². The molecule has 11 heteroatoms. The van der Waals surface area contributed by atoms with Crippen LogP contribution in [0.15, 0.2) is 42.0 Å². The molecule has 4 aliphatic rings. The molecule has 2 bridgehead atoms. The first-order valence-corrected chi connectivity index (χ1v) is 14.1. The molecule has 1 atom stereocenters. The van der Waals surface area contributed by atoms with Crippen molar-refractivity contribution in [3.05, 3.63) is 70.4 Å². The van der Waals surface area contributed by atoms with Crippen molar-refractivity contribution in [2.24, 2.45) is 11.3 Å². The van der Waals surface area contributed by atoms with Gasteiger partial charge in [-0.2, -0.15) is 14.9 Å². The minimum Gasteiger partial charge on any atom is -0.480 e. The van der Waals surface area contributed by atoms with Crippen LogP contribution in [0.25, 0.3) is 10.9 Å². The van der Waals surface area contributed by atoms with Crippen LogP contribution in [-0.2, 0) is 4.74 Å². The molecule has 0 radical (unpaired) electrons. The fraction of sp³-hybridized carbons (Fsp3) is 0.419. The molecule has 3 aromatic rings. The Morgan fingerprint density at radius 2 is 1.93 bits per heavy atom. The molecule has 3 aliphatic carbocycles. The van der Waals surface area contributed by atoms with Gasteiger partial charge in [0.05, 0.1) is 35.0 Å². The second-order valence-electron chi connectivity index (χ2n) is 12.7. The van der Waals surface area contributed by atoms with Crippen LogP contribution in [0, 0.1) is 46.9 Å². The van der Waals surface area contributed by atoms with Gasteiger partial charge in [0.25, 0.3) is 0 Å². The third-order valence-corrected chi connectivity index (χ3v) is 8.42. The van der Waals surface area contributed by atoms with E-state index in [2.05, 4.69) is 69.5 Å². The molecular weight excluding hydrogens is 533 g/mol. The zero-order chi connectivity index (χ0) is 29.8. The van der Waals surface area contributed by atoms with Gasteiger partial charge < -0.3 is 20.8 Å². The fourth-order valence-corrected chi connectivity index (χ4v) is 6.20. The van der Waals surface area contributed by atoms with Gasteiger partial charge in [-0.25, -0.2) is 4.98 Å². The predicted octanol–water partition coefficient (Wildman–Crippen LogP) is 5.12. The Morgan fingerprint density at radius 1 is 1.19 bits per heavy atom. The Labute approximate surface area is 244 Å². The number of halogens is 1. The highest BCUT2D eigenvalue weighted by Gasteiger charge is 2.62. The Kier molecular flexibility index (Phi) is 6.58. The zero-order valence-corrected chi connectivity index (χ0v) is 24.4. The van der Waals surface area contributed by atoms with Crippen molar-refractivity contribution >= 4 is 22.3 Å². The maximum absolute atomic E-state index is 14.1. The van der Waals surface area contributed by atoms with Gasteiger partial charge in [0.15, 0.2) is 0 Å². The second kappa shape index (κ2) is 10.0. The molecule has 4 N–H and O–H groups in total. The molecular formula is C31H34FN9O. The summed E-state index contributed by atoms with van der Waals surface area (Å²) in [4.78, 5) is 8.56. The third kappa shape index (κ3) is 4.60. The van der Waals surface area contributed by atoms with E-state index >= 15 is 0 Å². The number of fused-ring (bicyclic) bond motifs is 1. The lowest BCUT2D eigenvalue weighted by Gasteiger charge is -2.65. The molecule has 10 nitrogen and oxygen atoms in total. The number of methoxy groups -OCH3 is 1. The largest absolute Gasteiger partial charge is 0.480 e. The van der Waals surface area contributed by atoms with Crippen LogP contribution in [0.2, 0.25) is 0 Å². The van der Waals surface area contributed by atoms with Gasteiger partial charge in [0.1, 0.15) is 23.9 Å². The standard InChI is InChI=1S/C31H34FN9O/c1-17-22(6-7-24(32)37-17)27(28-29(42-5)41(40-39-28)31-10-18(11-31)12-31)38-21-8-19(13-33)25-23(9-21)26(20(14-34)15-35-25)36-16-30(2,3)4/h6-9,15,18,27,38-40H,10-12,16H2,1-5H3,(H,35,36)/t18?,27-,31?/m0/s1. The first-order valence-electron chi connectivity index (χ1n) is 14.1. The van der Waals surface area contributed by atoms with E-state index in [-0.39, 0.29) is 11.0 Å². The number of rotatable bonds is 8. The Bertz CT molecular complexity index is 1680. The quantitative estimate of drug-likeness (QED) is 0.272. The summed E-state index contributed by atoms with van der Waals surface area (Å²) < 4.78 is 20.1. The normalized spacial score (nSPS) is 21.5. The lowest BCUT2D eigenvalue weighted by atomic mass is 9.49. The van der Waals surface area contributed by atoms with Crippen molar-refractivity contribution in [3.63, 3.8) is 0 Å². The van der Waals surface area contributed by atoms with Gasteiger partial charge in [-0.1, -0.05) is 26.8 Å². The van der Waals surface area contributed by atoms with Crippen molar-refractivity contribution in [3.8, 4) is 12.1 Å². The van der Waals surface area contributed by atoms with Gasteiger partial charge in [0.2, 0.25) is 11.8 Å². The topological polar surface area (TPSA) is 134 Å². The van der Waals surface area contributed by atoms with Crippen LogP contribution in [0.5, 0.6) is 0 Å². The van der Waals surface area contributed by atoms with Gasteiger partial charge in [0, 0.05) is 35.1 Å². The summed E-state index contributed by atoms with van der Waals surface area (Å²) in [5.41, 5.74) is 11.1. The molecule has 7 rings (SSSR count). The predicted molar refractivity (Wildman–Crippen MR) is 157 cm³/mol. The van der Waals surface area contributed by atoms with E-state index in [1.807, 2.05) is 6.07 Å². The number of hydrazine groups is 2. The number of nitrogens with zero attached hydrogens (tertiary/aromatic N) is 5. The molecule has 0 saturated heterocycles. The highest BCUT2D eigenvalue weighted by atomic mass is 19.1. The number of hydrogen-bond donors (Lipinski definition) is 4. The summed E-state index contributed by atoms with van der Waals surface area (Å²) in [6, 6.07) is 10.6. The fourth-order valence-electron chi connectivity index (χ4n) is 6.20. The molecule has 0 unspecified atom stereocenters. The maximum atomic E-state index is 14.1. The lowest BCUT2D eigenvalue weighted by molar-refractivity contribution is -0.164. The van der Waals surface area contributed by atoms with Gasteiger partial charge >= 0.3 is 0 Å². The van der Waals surface area contributed by atoms with Crippen LogP contribution in [-0.4, -0.2) is 34.2 Å². The third-order valence-electron chi connectivity index (χ3n) is 8.42. The van der Waals surface area contributed by atoms with E-state index in [4.69, 9.17) is 4.74 Å². The van der Waals surface area contributed by atoms with E-state index in [1.165, 1.54) is 12.3 Å². The maximum Gasteiger partial charge on any atom is 0.229 e. The number of nitriles is 2. The lowest BCUT2D eigenvalue weighted by Crippen LogP contribution is -2.70. The minimum absolute atomic E-state index is 0.0231. The number of aryl methyl sites for hydroxylation is 1. The Balaban J connectivity index is 1.48. The summed E-state index contributed by atoms with van der Waals surface area (Å²) in [6.45, 7) is 8.69. The van der Waals surface area contributed by atoms with Crippen LogP contribution in [0.1, 0.15) is 68.5 Å². The molecule has 3 heterocycles. The van der Waals surface area contributed by atoms with E-state index in [0.717, 1.165) is 30.7 Å². The highest BCUT2D eigenvalue weighted by molar-refractivity contribution is 5.99. The number of aromatic nitrogens is 2. The highest BCUT2D eigenvalue weighted by Crippen LogP contribution is 2.61. The number of nitrogens with one attached hydrogen (secondary N) is 4. The summed E-state index contributed by atoms with van der Waals surface area (Å²) in [6.07, 6.45) is 4.81. The van der Waals surface area contributed by atoms with Crippen LogP contribution < -0.4 is 21.6 Å². The summed E-state index contributed by atoms with van der Waals surface area (Å²) in [5, 5.41) is 29.7. The Morgan fingerprint density at radius 3 is 2.52 bits per heavy atom. The number of anilines is 2. The van der Waals surface area contributed by atoms with E-state index in [9.17, 15) is 14.9 Å². The molecule has 1 aromatic carbocycles. The van der Waals surface area contributed by atoms with Crippen LogP contribution >= 0.6 is 0 Å². The first-order chi connectivity index (χ1) is 20.1. The van der Waals surface area contributed by atoms with E-state index < -0.39 is 12.0 Å². The summed E-state index contributed by atoms with van der Waals surface area (Å²) >= 11 is 0. The SMILES string of the molecule is COC1=C([C@@H](Nc2cc(C#N)c3ncc(C#N)c(NCC(C)(C)C)c3c2)c2ccc(F)nc2C)NNN1C12CC(C1)C2. The van der Waals surface area contributed by atoms with Crippen LogP contribution in [0.4, 0.5) is 15.8 Å². The molecule has 42 heavy (non-hydrogen) atoms. The zero-order valence-electron chi connectivity index (χ0n) is 24.4. The molecule has 3 fully saturated rings. The summed E-state index contributed by atoms with van der Waals surface area (Å²) in [7, 11) is 1.64. The first kappa shape index (κ1) is 27.6. The van der Waals surface area contributed by atoms with Gasteiger partial charge in [-0.15, -0.1) is 5.53 Å². The Hall–Kier alpha value is -4.61. The van der Waals surface area contributed by atoms with Crippen molar-refractivity contribution in [2.45, 2.75) is 58.5 Å². The van der Waals surface area contributed by atoms with Crippen molar-refractivity contribution in [2.75, 3.05) is 24.3 Å². The molecule has 216 valence electrons. The van der Waals surface area contributed by atoms with E-state index in [0.29, 0.717) is 57.2 Å².